The molecule has 1 aromatic carbocycles. The molecule has 0 aliphatic carbocycles. The van der Waals surface area contributed by atoms with Crippen LogP contribution in [0.25, 0.3) is 0 Å². The number of ether oxygens (including phenoxy) is 1. The first-order chi connectivity index (χ1) is 10.1. The highest BCUT2D eigenvalue weighted by atomic mass is 35.5. The Morgan fingerprint density at radius 2 is 2.19 bits per heavy atom. The van der Waals surface area contributed by atoms with Crippen molar-refractivity contribution < 1.29 is 19.4 Å². The quantitative estimate of drug-likeness (QED) is 0.797. The van der Waals surface area contributed by atoms with Gasteiger partial charge < -0.3 is 20.5 Å². The van der Waals surface area contributed by atoms with Gasteiger partial charge in [-0.15, -0.1) is 0 Å². The van der Waals surface area contributed by atoms with Crippen LogP contribution >= 0.6 is 11.6 Å². The van der Waals surface area contributed by atoms with E-state index in [1.165, 1.54) is 18.2 Å². The van der Waals surface area contributed by atoms with E-state index in [0.717, 1.165) is 25.9 Å². The van der Waals surface area contributed by atoms with Crippen molar-refractivity contribution in [3.8, 4) is 0 Å². The Balaban J connectivity index is 1.84. The van der Waals surface area contributed by atoms with Crippen LogP contribution in [0.3, 0.4) is 0 Å². The summed E-state index contributed by atoms with van der Waals surface area (Å²) in [6.45, 7) is 1.19. The standard InChI is InChI=1S/C14H17ClN2O4/c15-12-7-9(4-5-11(12)13(18)19)17-14(20)16-8-10-3-1-2-6-21-10/h4-5,7,10H,1-3,6,8H2,(H,18,19)(H2,16,17,20). The molecule has 1 fully saturated rings. The third-order valence-corrected chi connectivity index (χ3v) is 3.53. The number of hydrogen-bond donors (Lipinski definition) is 3. The van der Waals surface area contributed by atoms with Gasteiger partial charge in [-0.1, -0.05) is 11.6 Å². The van der Waals surface area contributed by atoms with Gasteiger partial charge in [0.15, 0.2) is 0 Å². The minimum absolute atomic E-state index is 0.00164. The number of nitrogens with one attached hydrogen (secondary N) is 2. The molecule has 1 aliphatic heterocycles. The van der Waals surface area contributed by atoms with Crippen molar-refractivity contribution in [1.29, 1.82) is 0 Å². The fourth-order valence-electron chi connectivity index (χ4n) is 2.12. The topological polar surface area (TPSA) is 87.7 Å². The number of hydrogen-bond acceptors (Lipinski definition) is 3. The van der Waals surface area contributed by atoms with Crippen molar-refractivity contribution in [2.24, 2.45) is 0 Å². The van der Waals surface area contributed by atoms with Crippen LogP contribution in [0.4, 0.5) is 10.5 Å². The molecule has 1 saturated heterocycles. The molecular formula is C14H17ClN2O4. The van der Waals surface area contributed by atoms with Gasteiger partial charge in [-0.25, -0.2) is 9.59 Å². The summed E-state index contributed by atoms with van der Waals surface area (Å²) < 4.78 is 5.51. The molecule has 0 aromatic heterocycles. The molecule has 1 unspecified atom stereocenters. The first-order valence-corrected chi connectivity index (χ1v) is 7.13. The Labute approximate surface area is 127 Å². The molecule has 1 heterocycles. The van der Waals surface area contributed by atoms with E-state index in [9.17, 15) is 9.59 Å². The molecule has 0 saturated carbocycles. The fraction of sp³-hybridized carbons (Fsp3) is 0.429. The molecule has 2 rings (SSSR count). The molecule has 1 atom stereocenters. The number of carboxylic acid groups (broad SMARTS) is 1. The summed E-state index contributed by atoms with van der Waals surface area (Å²) in [5, 5.41) is 14.3. The zero-order chi connectivity index (χ0) is 15.2. The van der Waals surface area contributed by atoms with Crippen LogP contribution in [0.2, 0.25) is 5.02 Å². The van der Waals surface area contributed by atoms with E-state index >= 15 is 0 Å². The van der Waals surface area contributed by atoms with Crippen molar-refractivity contribution in [3.05, 3.63) is 28.8 Å². The van der Waals surface area contributed by atoms with Gasteiger partial charge in [0, 0.05) is 18.8 Å². The Morgan fingerprint density at radius 1 is 1.38 bits per heavy atom. The Bertz CT molecular complexity index is 530. The number of amides is 2. The van der Waals surface area contributed by atoms with Gasteiger partial charge in [-0.3, -0.25) is 0 Å². The van der Waals surface area contributed by atoms with E-state index in [1.54, 1.807) is 0 Å². The zero-order valence-corrected chi connectivity index (χ0v) is 12.2. The number of benzene rings is 1. The zero-order valence-electron chi connectivity index (χ0n) is 11.4. The molecule has 0 spiro atoms. The van der Waals surface area contributed by atoms with Crippen LogP contribution in [0.5, 0.6) is 0 Å². The summed E-state index contributed by atoms with van der Waals surface area (Å²) in [6, 6.07) is 3.88. The van der Waals surface area contributed by atoms with Crippen LogP contribution in [0.15, 0.2) is 18.2 Å². The van der Waals surface area contributed by atoms with Crippen molar-refractivity contribution in [1.82, 2.24) is 5.32 Å². The SMILES string of the molecule is O=C(NCC1CCCCO1)Nc1ccc(C(=O)O)c(Cl)c1. The van der Waals surface area contributed by atoms with Gasteiger partial charge in [0.25, 0.3) is 0 Å². The smallest absolute Gasteiger partial charge is 0.337 e. The lowest BCUT2D eigenvalue weighted by Crippen LogP contribution is -2.37. The average Bonchev–Trinajstić information content (AvgIpc) is 2.46. The lowest BCUT2D eigenvalue weighted by molar-refractivity contribution is 0.0187. The van der Waals surface area contributed by atoms with E-state index in [2.05, 4.69) is 10.6 Å². The summed E-state index contributed by atoms with van der Waals surface area (Å²) in [6.07, 6.45) is 3.18. The highest BCUT2D eigenvalue weighted by Gasteiger charge is 2.15. The summed E-state index contributed by atoms with van der Waals surface area (Å²) in [5.41, 5.74) is 0.435. The van der Waals surface area contributed by atoms with Crippen LogP contribution in [-0.2, 0) is 4.74 Å². The third kappa shape index (κ3) is 4.61. The van der Waals surface area contributed by atoms with Gasteiger partial charge >= 0.3 is 12.0 Å². The first-order valence-electron chi connectivity index (χ1n) is 6.75. The van der Waals surface area contributed by atoms with Gasteiger partial charge in [0.05, 0.1) is 16.7 Å². The van der Waals surface area contributed by atoms with Crippen LogP contribution in [0, 0.1) is 0 Å². The summed E-state index contributed by atoms with van der Waals surface area (Å²) in [7, 11) is 0. The van der Waals surface area contributed by atoms with E-state index in [4.69, 9.17) is 21.4 Å². The lowest BCUT2D eigenvalue weighted by Gasteiger charge is -2.22. The number of carboxylic acids is 1. The lowest BCUT2D eigenvalue weighted by atomic mass is 10.1. The monoisotopic (exact) mass is 312 g/mol. The molecule has 1 aliphatic rings. The predicted molar refractivity (Wildman–Crippen MR) is 79.0 cm³/mol. The molecular weight excluding hydrogens is 296 g/mol. The minimum Gasteiger partial charge on any atom is -0.478 e. The highest BCUT2D eigenvalue weighted by molar-refractivity contribution is 6.33. The normalized spacial score (nSPS) is 18.0. The number of rotatable bonds is 4. The summed E-state index contributed by atoms with van der Waals surface area (Å²) >= 11 is 5.83. The van der Waals surface area contributed by atoms with Crippen LogP contribution in [-0.4, -0.2) is 36.4 Å². The molecule has 2 amide bonds. The number of aromatic carboxylic acids is 1. The number of urea groups is 1. The Hall–Kier alpha value is -1.79. The van der Waals surface area contributed by atoms with Gasteiger partial charge in [-0.2, -0.15) is 0 Å². The third-order valence-electron chi connectivity index (χ3n) is 3.22. The molecule has 7 heteroatoms. The van der Waals surface area contributed by atoms with E-state index in [1.807, 2.05) is 0 Å². The average molecular weight is 313 g/mol. The van der Waals surface area contributed by atoms with Crippen LogP contribution in [0.1, 0.15) is 29.6 Å². The molecule has 3 N–H and O–H groups in total. The molecule has 1 aromatic rings. The Morgan fingerprint density at radius 3 is 2.81 bits per heavy atom. The van der Waals surface area contributed by atoms with Crippen LogP contribution < -0.4 is 10.6 Å². The summed E-state index contributed by atoms with van der Waals surface area (Å²) in [5.74, 6) is -1.11. The van der Waals surface area contributed by atoms with Crippen molar-refractivity contribution in [2.75, 3.05) is 18.5 Å². The van der Waals surface area contributed by atoms with E-state index in [0.29, 0.717) is 12.2 Å². The first kappa shape index (κ1) is 15.6. The number of carbonyl (C=O) groups is 2. The number of carbonyl (C=O) groups excluding carboxylic acids is 1. The molecule has 0 radical (unpaired) electrons. The fourth-order valence-corrected chi connectivity index (χ4v) is 2.38. The van der Waals surface area contributed by atoms with Gasteiger partial charge in [0.1, 0.15) is 0 Å². The van der Waals surface area contributed by atoms with Gasteiger partial charge in [0.2, 0.25) is 0 Å². The largest absolute Gasteiger partial charge is 0.478 e. The number of halogens is 1. The second-order valence-electron chi connectivity index (χ2n) is 4.82. The maximum absolute atomic E-state index is 11.7. The summed E-state index contributed by atoms with van der Waals surface area (Å²) in [4.78, 5) is 22.6. The Kier molecular flexibility index (Phi) is 5.41. The van der Waals surface area contributed by atoms with E-state index in [-0.39, 0.29) is 22.7 Å². The van der Waals surface area contributed by atoms with Crippen molar-refractivity contribution in [2.45, 2.75) is 25.4 Å². The predicted octanol–water partition coefficient (Wildman–Crippen LogP) is 2.73. The maximum atomic E-state index is 11.7. The maximum Gasteiger partial charge on any atom is 0.337 e. The molecule has 114 valence electrons. The molecule has 21 heavy (non-hydrogen) atoms. The highest BCUT2D eigenvalue weighted by Crippen LogP contribution is 2.21. The van der Waals surface area contributed by atoms with Crippen molar-refractivity contribution >= 4 is 29.3 Å². The van der Waals surface area contributed by atoms with Gasteiger partial charge in [-0.05, 0) is 37.5 Å². The minimum atomic E-state index is -1.11. The second-order valence-corrected chi connectivity index (χ2v) is 5.23. The van der Waals surface area contributed by atoms with Crippen molar-refractivity contribution in [3.63, 3.8) is 0 Å². The second kappa shape index (κ2) is 7.28. The molecule has 6 nitrogen and oxygen atoms in total. The van der Waals surface area contributed by atoms with E-state index < -0.39 is 5.97 Å². The molecule has 0 bridgehead atoms. The number of anilines is 1.